The van der Waals surface area contributed by atoms with Gasteiger partial charge in [-0.3, -0.25) is 9.63 Å². The van der Waals surface area contributed by atoms with E-state index in [1.165, 1.54) is 17.2 Å². The molecule has 0 bridgehead atoms. The number of aliphatic carboxylic acids is 1. The number of carboxylic acid groups (broad SMARTS) is 1. The maximum atomic E-state index is 12.7. The number of carbonyl (C=O) groups excluding carboxylic acids is 2. The summed E-state index contributed by atoms with van der Waals surface area (Å²) in [4.78, 5) is 40.1. The van der Waals surface area contributed by atoms with E-state index in [9.17, 15) is 27.6 Å². The molecule has 1 fully saturated rings. The van der Waals surface area contributed by atoms with Crippen LogP contribution in [0.2, 0.25) is 15.1 Å². The predicted molar refractivity (Wildman–Crippen MR) is 152 cm³/mol. The maximum Gasteiger partial charge on any atom is 0.416 e. The van der Waals surface area contributed by atoms with Crippen LogP contribution in [0.15, 0.2) is 60.7 Å². The molecule has 0 radical (unpaired) electrons. The quantitative estimate of drug-likeness (QED) is 0.255. The first-order valence-corrected chi connectivity index (χ1v) is 13.6. The lowest BCUT2D eigenvalue weighted by Gasteiger charge is -2.16. The number of hydrogen-bond donors (Lipinski definition) is 1. The standard InChI is InChI=1S/C17H11Cl2F3O5.C12H14ClNO2/c1-8(15(23)24)26-16(25)11-7-10(3-4-12(11)18)27-14-5-2-9(6-13(14)19)17(20,21)22;1-12(2)8-16-14(11(12)15)7-9-5-3-4-6-10(9)13/h2-8H,1H3,(H,23,24);3-6H,7-8H2,1-2H3/t8-;/m0./s1. The van der Waals surface area contributed by atoms with Crippen LogP contribution in [-0.4, -0.2) is 40.7 Å². The number of amides is 1. The normalized spacial score (nSPS) is 14.9. The maximum absolute atomic E-state index is 12.7. The summed E-state index contributed by atoms with van der Waals surface area (Å²) in [7, 11) is 0. The molecule has 1 aliphatic heterocycles. The number of benzene rings is 3. The van der Waals surface area contributed by atoms with Gasteiger partial charge in [-0.25, -0.2) is 14.7 Å². The minimum Gasteiger partial charge on any atom is -0.479 e. The molecule has 0 aromatic heterocycles. The molecule has 1 atom stereocenters. The molecular weight excluding hydrogens is 638 g/mol. The molecule has 0 aliphatic carbocycles. The summed E-state index contributed by atoms with van der Waals surface area (Å²) in [6.45, 7) is 5.75. The van der Waals surface area contributed by atoms with E-state index >= 15 is 0 Å². The molecule has 0 saturated carbocycles. The smallest absolute Gasteiger partial charge is 0.416 e. The highest BCUT2D eigenvalue weighted by molar-refractivity contribution is 6.33. The summed E-state index contributed by atoms with van der Waals surface area (Å²) in [5.74, 6) is -2.38. The molecule has 0 spiro atoms. The van der Waals surface area contributed by atoms with Gasteiger partial charge in [0.25, 0.3) is 5.91 Å². The molecule has 14 heteroatoms. The lowest BCUT2D eigenvalue weighted by molar-refractivity contribution is -0.165. The van der Waals surface area contributed by atoms with E-state index in [1.54, 1.807) is 0 Å². The number of hydrogen-bond acceptors (Lipinski definition) is 6. The van der Waals surface area contributed by atoms with Gasteiger partial charge in [0.1, 0.15) is 11.5 Å². The molecule has 0 unspecified atom stereocenters. The zero-order valence-electron chi connectivity index (χ0n) is 22.9. The van der Waals surface area contributed by atoms with Crippen LogP contribution < -0.4 is 4.74 Å². The Hall–Kier alpha value is -3.51. The van der Waals surface area contributed by atoms with Gasteiger partial charge in [-0.15, -0.1) is 0 Å². The molecule has 8 nitrogen and oxygen atoms in total. The average molecular weight is 663 g/mol. The van der Waals surface area contributed by atoms with E-state index in [2.05, 4.69) is 0 Å². The molecule has 1 saturated heterocycles. The second-order valence-corrected chi connectivity index (χ2v) is 11.1. The second kappa shape index (κ2) is 13.9. The minimum atomic E-state index is -4.56. The fraction of sp³-hybridized carbons (Fsp3) is 0.276. The fourth-order valence-electron chi connectivity index (χ4n) is 3.48. The van der Waals surface area contributed by atoms with Gasteiger partial charge in [-0.2, -0.15) is 13.2 Å². The molecule has 43 heavy (non-hydrogen) atoms. The number of ether oxygens (including phenoxy) is 2. The number of halogens is 6. The van der Waals surface area contributed by atoms with Crippen LogP contribution in [0.3, 0.4) is 0 Å². The summed E-state index contributed by atoms with van der Waals surface area (Å²) in [5, 5.41) is 10.5. The van der Waals surface area contributed by atoms with Gasteiger partial charge in [-0.1, -0.05) is 53.0 Å². The SMILES string of the molecule is CC1(C)CON(Cc2ccccc2Cl)C1=O.C[C@H](OC(=O)c1cc(Oc2ccc(C(F)(F)F)cc2Cl)ccc1Cl)C(=O)O. The molecule has 4 rings (SSSR count). The molecule has 1 aliphatic rings. The third kappa shape index (κ3) is 8.99. The predicted octanol–water partition coefficient (Wildman–Crippen LogP) is 8.07. The van der Waals surface area contributed by atoms with Gasteiger partial charge < -0.3 is 14.6 Å². The highest BCUT2D eigenvalue weighted by atomic mass is 35.5. The Kier molecular flexibility index (Phi) is 10.9. The molecule has 230 valence electrons. The van der Waals surface area contributed by atoms with Crippen LogP contribution in [0.4, 0.5) is 13.2 Å². The van der Waals surface area contributed by atoms with Gasteiger partial charge >= 0.3 is 18.1 Å². The van der Waals surface area contributed by atoms with Crippen molar-refractivity contribution in [3.8, 4) is 11.5 Å². The Morgan fingerprint density at radius 1 is 1.02 bits per heavy atom. The van der Waals surface area contributed by atoms with Crippen molar-refractivity contribution in [3.05, 3.63) is 92.4 Å². The fourth-order valence-corrected chi connectivity index (χ4v) is 4.09. The zero-order valence-corrected chi connectivity index (χ0v) is 25.1. The first kappa shape index (κ1) is 34.0. The van der Waals surface area contributed by atoms with Crippen molar-refractivity contribution < 1.29 is 47.0 Å². The lowest BCUT2D eigenvalue weighted by Crippen LogP contribution is -2.30. The number of nitrogens with zero attached hydrogens (tertiary/aromatic N) is 1. The highest BCUT2D eigenvalue weighted by Gasteiger charge is 2.40. The zero-order chi connectivity index (χ0) is 32.1. The third-order valence-electron chi connectivity index (χ3n) is 5.93. The third-order valence-corrected chi connectivity index (χ3v) is 6.93. The largest absolute Gasteiger partial charge is 0.479 e. The monoisotopic (exact) mass is 661 g/mol. The number of esters is 1. The number of alkyl halides is 3. The molecule has 3 aromatic carbocycles. The van der Waals surface area contributed by atoms with Gasteiger partial charge in [0.05, 0.1) is 39.7 Å². The topological polar surface area (TPSA) is 102 Å². The summed E-state index contributed by atoms with van der Waals surface area (Å²) >= 11 is 17.7. The number of hydroxylamine groups is 2. The van der Waals surface area contributed by atoms with Crippen molar-refractivity contribution in [2.75, 3.05) is 6.61 Å². The van der Waals surface area contributed by atoms with Crippen molar-refractivity contribution >= 4 is 52.6 Å². The second-order valence-electron chi connectivity index (χ2n) is 9.86. The Bertz CT molecular complexity index is 1510. The Labute approximate surface area is 259 Å². The van der Waals surface area contributed by atoms with E-state index < -0.39 is 35.2 Å². The van der Waals surface area contributed by atoms with E-state index in [1.807, 2.05) is 38.1 Å². The first-order chi connectivity index (χ1) is 20.0. The van der Waals surface area contributed by atoms with Crippen LogP contribution in [-0.2, 0) is 31.9 Å². The first-order valence-electron chi connectivity index (χ1n) is 12.5. The number of carboxylic acids is 1. The van der Waals surface area contributed by atoms with Crippen LogP contribution in [0, 0.1) is 5.41 Å². The van der Waals surface area contributed by atoms with E-state index in [-0.39, 0.29) is 33.0 Å². The lowest BCUT2D eigenvalue weighted by atomic mass is 9.95. The highest BCUT2D eigenvalue weighted by Crippen LogP contribution is 2.37. The van der Waals surface area contributed by atoms with Crippen LogP contribution in [0.1, 0.15) is 42.3 Å². The van der Waals surface area contributed by atoms with Crippen molar-refractivity contribution in [1.29, 1.82) is 0 Å². The molecule has 1 amide bonds. The average Bonchev–Trinajstić information content (AvgIpc) is 3.18. The van der Waals surface area contributed by atoms with E-state index in [0.717, 1.165) is 30.7 Å². The Morgan fingerprint density at radius 2 is 1.70 bits per heavy atom. The molecular formula is C29H25Cl3F3NO7. The summed E-state index contributed by atoms with van der Waals surface area (Å²) in [5.41, 5.74) is -0.648. The van der Waals surface area contributed by atoms with E-state index in [0.29, 0.717) is 24.2 Å². The van der Waals surface area contributed by atoms with Crippen molar-refractivity contribution in [3.63, 3.8) is 0 Å². The molecule has 1 N–H and O–H groups in total. The Balaban J connectivity index is 0.000000268. The minimum absolute atomic E-state index is 0.00687. The van der Waals surface area contributed by atoms with Crippen LogP contribution >= 0.6 is 34.8 Å². The van der Waals surface area contributed by atoms with Gasteiger partial charge in [0.15, 0.2) is 6.10 Å². The number of carbonyl (C=O) groups is 3. The summed E-state index contributed by atoms with van der Waals surface area (Å²) in [6, 6.07) is 13.8. The summed E-state index contributed by atoms with van der Waals surface area (Å²) < 4.78 is 48.1. The van der Waals surface area contributed by atoms with Crippen molar-refractivity contribution in [2.24, 2.45) is 5.41 Å². The van der Waals surface area contributed by atoms with Gasteiger partial charge in [0, 0.05) is 5.02 Å². The number of rotatable bonds is 7. The van der Waals surface area contributed by atoms with Crippen molar-refractivity contribution in [2.45, 2.75) is 39.6 Å². The molecule has 1 heterocycles. The summed E-state index contributed by atoms with van der Waals surface area (Å²) in [6.07, 6.45) is -5.96. The van der Waals surface area contributed by atoms with Crippen LogP contribution in [0.5, 0.6) is 11.5 Å². The Morgan fingerprint density at radius 3 is 2.26 bits per heavy atom. The van der Waals surface area contributed by atoms with Gasteiger partial charge in [-0.05, 0) is 68.8 Å². The molecule has 3 aromatic rings. The van der Waals surface area contributed by atoms with Crippen LogP contribution in [0.25, 0.3) is 0 Å². The van der Waals surface area contributed by atoms with Gasteiger partial charge in [0.2, 0.25) is 0 Å². The van der Waals surface area contributed by atoms with E-state index in [4.69, 9.17) is 54.2 Å². The van der Waals surface area contributed by atoms with Crippen molar-refractivity contribution in [1.82, 2.24) is 5.06 Å².